The maximum absolute atomic E-state index is 13.1. The number of carbonyl (C=O) groups is 1. The van der Waals surface area contributed by atoms with E-state index in [0.717, 1.165) is 43.5 Å². The van der Waals surface area contributed by atoms with Crippen LogP contribution < -0.4 is 9.80 Å². The maximum Gasteiger partial charge on any atom is 0.416 e. The van der Waals surface area contributed by atoms with Gasteiger partial charge in [-0.3, -0.25) is 4.79 Å². The Bertz CT molecular complexity index is 1250. The molecule has 0 saturated carbocycles. The molecule has 0 radical (unpaired) electrons. The Morgan fingerprint density at radius 1 is 0.973 bits per heavy atom. The average Bonchev–Trinajstić information content (AvgIpc) is 3.59. The topological polar surface area (TPSA) is 65.7 Å². The first-order valence-corrected chi connectivity index (χ1v) is 13.3. The number of aryl methyl sites for hydroxylation is 1. The number of likely N-dealkylation sites (tertiary alicyclic amines) is 1. The molecule has 0 atom stereocenters. The molecule has 2 fully saturated rings. The van der Waals surface area contributed by atoms with Crippen molar-refractivity contribution >= 4 is 29.2 Å². The van der Waals surface area contributed by atoms with Gasteiger partial charge < -0.3 is 19.1 Å². The SMILES string of the molecule is Cc1cc(N2CCN(c3cccc(C(F)(F)F)c3)CC2)nc(SCc2ccc(C(=O)N3CCCC3)o2)n1. The number of hydrogen-bond acceptors (Lipinski definition) is 7. The van der Waals surface area contributed by atoms with Crippen LogP contribution in [0.5, 0.6) is 0 Å². The molecular formula is C26H28F3N5O2S. The van der Waals surface area contributed by atoms with Gasteiger partial charge in [-0.2, -0.15) is 13.2 Å². The Morgan fingerprint density at radius 2 is 1.70 bits per heavy atom. The van der Waals surface area contributed by atoms with Crippen molar-refractivity contribution in [3.05, 3.63) is 65.2 Å². The van der Waals surface area contributed by atoms with Gasteiger partial charge >= 0.3 is 6.18 Å². The number of hydrogen-bond donors (Lipinski definition) is 0. The second kappa shape index (κ2) is 10.6. The Kier molecular flexibility index (Phi) is 7.32. The Hall–Kier alpha value is -3.21. The van der Waals surface area contributed by atoms with Gasteiger partial charge in [-0.05, 0) is 50.1 Å². The number of halogens is 3. The number of alkyl halides is 3. The Labute approximate surface area is 217 Å². The zero-order valence-electron chi connectivity index (χ0n) is 20.5. The van der Waals surface area contributed by atoms with E-state index in [1.54, 1.807) is 12.1 Å². The molecule has 0 unspecified atom stereocenters. The predicted octanol–water partition coefficient (Wildman–Crippen LogP) is 5.25. The van der Waals surface area contributed by atoms with Gasteiger partial charge in [-0.25, -0.2) is 9.97 Å². The summed E-state index contributed by atoms with van der Waals surface area (Å²) in [6.45, 7) is 5.91. The van der Waals surface area contributed by atoms with Gasteiger partial charge in [0.2, 0.25) is 0 Å². The lowest BCUT2D eigenvalue weighted by Gasteiger charge is -2.37. The standard InChI is InChI=1S/C26H28F3N5O2S/c1-18-15-23(33-13-11-32(12-14-33)20-6-4-5-19(16-20)26(27,28)29)31-25(30-18)37-17-21-7-8-22(36-21)24(35)34-9-2-3-10-34/h4-8,15-16H,2-3,9-14,17H2,1H3. The highest BCUT2D eigenvalue weighted by molar-refractivity contribution is 7.98. The average molecular weight is 532 g/mol. The molecule has 0 spiro atoms. The van der Waals surface area contributed by atoms with Gasteiger partial charge in [0.25, 0.3) is 5.91 Å². The van der Waals surface area contributed by atoms with Crippen LogP contribution in [-0.2, 0) is 11.9 Å². The second-order valence-electron chi connectivity index (χ2n) is 9.23. The fourth-order valence-electron chi connectivity index (χ4n) is 4.61. The number of aromatic nitrogens is 2. The van der Waals surface area contributed by atoms with Crippen molar-refractivity contribution < 1.29 is 22.4 Å². The maximum atomic E-state index is 13.1. The smallest absolute Gasteiger partial charge is 0.416 e. The predicted molar refractivity (Wildman–Crippen MR) is 136 cm³/mol. The highest BCUT2D eigenvalue weighted by Gasteiger charge is 2.31. The van der Waals surface area contributed by atoms with E-state index < -0.39 is 11.7 Å². The van der Waals surface area contributed by atoms with E-state index in [-0.39, 0.29) is 5.91 Å². The molecule has 4 heterocycles. The first-order chi connectivity index (χ1) is 17.8. The molecule has 3 aromatic rings. The van der Waals surface area contributed by atoms with E-state index in [0.29, 0.717) is 54.3 Å². The largest absolute Gasteiger partial charge is 0.455 e. The first kappa shape index (κ1) is 25.4. The third-order valence-electron chi connectivity index (χ3n) is 6.57. The molecule has 0 N–H and O–H groups in total. The quantitative estimate of drug-likeness (QED) is 0.318. The number of furan rings is 1. The fraction of sp³-hybridized carbons (Fsp3) is 0.423. The number of benzene rings is 1. The van der Waals surface area contributed by atoms with Crippen molar-refractivity contribution in [1.29, 1.82) is 0 Å². The van der Waals surface area contributed by atoms with Crippen molar-refractivity contribution in [2.75, 3.05) is 49.1 Å². The molecule has 5 rings (SSSR count). The van der Waals surface area contributed by atoms with Crippen LogP contribution in [0.4, 0.5) is 24.7 Å². The van der Waals surface area contributed by atoms with Gasteiger partial charge in [0.15, 0.2) is 10.9 Å². The van der Waals surface area contributed by atoms with Gasteiger partial charge in [0.05, 0.1) is 11.3 Å². The summed E-state index contributed by atoms with van der Waals surface area (Å²) in [7, 11) is 0. The molecule has 0 bridgehead atoms. The van der Waals surface area contributed by atoms with Crippen LogP contribution in [0.3, 0.4) is 0 Å². The molecule has 196 valence electrons. The lowest BCUT2D eigenvalue weighted by molar-refractivity contribution is -0.137. The van der Waals surface area contributed by atoms with Crippen LogP contribution in [0.25, 0.3) is 0 Å². The fourth-order valence-corrected chi connectivity index (χ4v) is 5.40. The van der Waals surface area contributed by atoms with E-state index in [9.17, 15) is 18.0 Å². The van der Waals surface area contributed by atoms with Gasteiger partial charge in [0.1, 0.15) is 11.6 Å². The number of carbonyl (C=O) groups excluding carboxylic acids is 1. The second-order valence-corrected chi connectivity index (χ2v) is 10.2. The molecule has 11 heteroatoms. The minimum absolute atomic E-state index is 0.0629. The molecule has 7 nitrogen and oxygen atoms in total. The van der Waals surface area contributed by atoms with Crippen LogP contribution in [-0.4, -0.2) is 60.0 Å². The van der Waals surface area contributed by atoms with Crippen LogP contribution in [0, 0.1) is 6.92 Å². The highest BCUT2D eigenvalue weighted by atomic mass is 32.2. The zero-order valence-corrected chi connectivity index (χ0v) is 21.3. The van der Waals surface area contributed by atoms with Crippen molar-refractivity contribution in [3.8, 4) is 0 Å². The summed E-state index contributed by atoms with van der Waals surface area (Å²) in [6.07, 6.45) is -2.30. The lowest BCUT2D eigenvalue weighted by atomic mass is 10.1. The van der Waals surface area contributed by atoms with Crippen LogP contribution in [0.1, 0.15) is 40.4 Å². The van der Waals surface area contributed by atoms with E-state index in [4.69, 9.17) is 9.40 Å². The van der Waals surface area contributed by atoms with Crippen molar-refractivity contribution in [3.63, 3.8) is 0 Å². The number of amides is 1. The number of piperazine rings is 1. The first-order valence-electron chi connectivity index (χ1n) is 12.3. The van der Waals surface area contributed by atoms with Gasteiger partial charge in [-0.15, -0.1) is 0 Å². The number of rotatable bonds is 6. The summed E-state index contributed by atoms with van der Waals surface area (Å²) in [5.74, 6) is 2.28. The van der Waals surface area contributed by atoms with Gasteiger partial charge in [-0.1, -0.05) is 17.8 Å². The van der Waals surface area contributed by atoms with Crippen molar-refractivity contribution in [2.24, 2.45) is 0 Å². The molecule has 2 aliphatic heterocycles. The summed E-state index contributed by atoms with van der Waals surface area (Å²) in [6, 6.07) is 10.9. The Morgan fingerprint density at radius 3 is 2.43 bits per heavy atom. The van der Waals surface area contributed by atoms with Crippen LogP contribution in [0.2, 0.25) is 0 Å². The number of thioether (sulfide) groups is 1. The van der Waals surface area contributed by atoms with Crippen molar-refractivity contribution in [2.45, 2.75) is 36.9 Å². The summed E-state index contributed by atoms with van der Waals surface area (Å²) in [5.41, 5.74) is 0.771. The van der Waals surface area contributed by atoms with Crippen molar-refractivity contribution in [1.82, 2.24) is 14.9 Å². The van der Waals surface area contributed by atoms with Crippen LogP contribution >= 0.6 is 11.8 Å². The highest BCUT2D eigenvalue weighted by Crippen LogP contribution is 2.32. The summed E-state index contributed by atoms with van der Waals surface area (Å²) < 4.78 is 45.1. The zero-order chi connectivity index (χ0) is 26.0. The molecule has 1 aromatic carbocycles. The minimum atomic E-state index is -4.36. The van der Waals surface area contributed by atoms with E-state index in [1.165, 1.54) is 23.9 Å². The minimum Gasteiger partial charge on any atom is -0.455 e. The van der Waals surface area contributed by atoms with E-state index in [2.05, 4.69) is 9.88 Å². The monoisotopic (exact) mass is 531 g/mol. The third kappa shape index (κ3) is 6.03. The molecule has 37 heavy (non-hydrogen) atoms. The van der Waals surface area contributed by atoms with Crippen LogP contribution in [0.15, 0.2) is 52.0 Å². The molecule has 1 amide bonds. The van der Waals surface area contributed by atoms with E-state index >= 15 is 0 Å². The van der Waals surface area contributed by atoms with E-state index in [1.807, 2.05) is 28.9 Å². The summed E-state index contributed by atoms with van der Waals surface area (Å²) in [4.78, 5) is 27.7. The molecule has 0 aliphatic carbocycles. The lowest BCUT2D eigenvalue weighted by Crippen LogP contribution is -2.47. The molecule has 2 aliphatic rings. The molecule has 2 saturated heterocycles. The summed E-state index contributed by atoms with van der Waals surface area (Å²) in [5, 5.41) is 0.610. The number of anilines is 2. The summed E-state index contributed by atoms with van der Waals surface area (Å²) >= 11 is 1.44. The molecular weight excluding hydrogens is 503 g/mol. The van der Waals surface area contributed by atoms with Gasteiger partial charge in [0, 0.05) is 56.7 Å². The molecule has 2 aromatic heterocycles. The number of nitrogens with zero attached hydrogens (tertiary/aromatic N) is 5. The third-order valence-corrected chi connectivity index (χ3v) is 7.44. The Balaban J connectivity index is 1.19. The normalized spacial score (nSPS) is 16.5.